The molecular formula is C7H12BrN. The van der Waals surface area contributed by atoms with Gasteiger partial charge in [-0.2, -0.15) is 0 Å². The monoisotopic (exact) mass is 189 g/mol. The van der Waals surface area contributed by atoms with Gasteiger partial charge < -0.3 is 5.32 Å². The molecule has 0 aromatic rings. The lowest BCUT2D eigenvalue weighted by molar-refractivity contribution is 0.430. The van der Waals surface area contributed by atoms with Crippen molar-refractivity contribution in [3.05, 3.63) is 0 Å². The van der Waals surface area contributed by atoms with E-state index in [1.54, 1.807) is 0 Å². The van der Waals surface area contributed by atoms with Gasteiger partial charge >= 0.3 is 0 Å². The smallest absolute Gasteiger partial charge is 0.0316 e. The zero-order chi connectivity index (χ0) is 6.48. The maximum Gasteiger partial charge on any atom is 0.0316 e. The standard InChI is InChI=1S/C7H12BrN/c1-7-3-2-6(9-7)5(8)4-7/h5-6,9H,2-4H2,1H3. The second-order valence-electron chi connectivity index (χ2n) is 3.57. The number of halogens is 1. The summed E-state index contributed by atoms with van der Waals surface area (Å²) in [4.78, 5) is 0.747. The quantitative estimate of drug-likeness (QED) is 0.573. The lowest BCUT2D eigenvalue weighted by Gasteiger charge is -2.20. The van der Waals surface area contributed by atoms with Crippen LogP contribution in [-0.2, 0) is 0 Å². The van der Waals surface area contributed by atoms with Crippen LogP contribution in [0.15, 0.2) is 0 Å². The molecule has 2 heteroatoms. The van der Waals surface area contributed by atoms with Gasteiger partial charge in [0, 0.05) is 16.4 Å². The molecule has 0 aromatic heterocycles. The van der Waals surface area contributed by atoms with Crippen molar-refractivity contribution in [1.82, 2.24) is 5.32 Å². The van der Waals surface area contributed by atoms with E-state index in [0.717, 1.165) is 10.9 Å². The third-order valence-electron chi connectivity index (χ3n) is 2.62. The van der Waals surface area contributed by atoms with Crippen LogP contribution in [0.1, 0.15) is 26.2 Å². The Bertz CT molecular complexity index is 133. The van der Waals surface area contributed by atoms with Crippen LogP contribution in [-0.4, -0.2) is 16.4 Å². The Hall–Kier alpha value is 0.440. The van der Waals surface area contributed by atoms with E-state index < -0.39 is 0 Å². The van der Waals surface area contributed by atoms with Crippen LogP contribution in [0.25, 0.3) is 0 Å². The van der Waals surface area contributed by atoms with Gasteiger partial charge in [-0.05, 0) is 26.2 Å². The fourth-order valence-electron chi connectivity index (χ4n) is 2.07. The van der Waals surface area contributed by atoms with E-state index in [1.165, 1.54) is 19.3 Å². The van der Waals surface area contributed by atoms with Crippen molar-refractivity contribution in [2.45, 2.75) is 42.6 Å². The van der Waals surface area contributed by atoms with E-state index in [-0.39, 0.29) is 0 Å². The lowest BCUT2D eigenvalue weighted by atomic mass is 9.90. The summed E-state index contributed by atoms with van der Waals surface area (Å²) in [5, 5.41) is 3.61. The van der Waals surface area contributed by atoms with Crippen molar-refractivity contribution in [3.8, 4) is 0 Å². The molecule has 3 atom stereocenters. The molecule has 3 unspecified atom stereocenters. The van der Waals surface area contributed by atoms with Gasteiger partial charge in [0.2, 0.25) is 0 Å². The van der Waals surface area contributed by atoms with Crippen molar-refractivity contribution >= 4 is 15.9 Å². The normalized spacial score (nSPS) is 56.7. The van der Waals surface area contributed by atoms with Crippen LogP contribution in [0.3, 0.4) is 0 Å². The number of nitrogens with one attached hydrogen (secondary N) is 1. The molecule has 1 nitrogen and oxygen atoms in total. The highest BCUT2D eigenvalue weighted by Crippen LogP contribution is 2.40. The highest BCUT2D eigenvalue weighted by Gasteiger charge is 2.45. The SMILES string of the molecule is CC12CCC(N1)C(Br)C2. The van der Waals surface area contributed by atoms with Gasteiger partial charge in [0.15, 0.2) is 0 Å². The van der Waals surface area contributed by atoms with E-state index in [4.69, 9.17) is 0 Å². The van der Waals surface area contributed by atoms with Crippen LogP contribution >= 0.6 is 15.9 Å². The third kappa shape index (κ3) is 0.838. The summed E-state index contributed by atoms with van der Waals surface area (Å²) in [6.07, 6.45) is 4.06. The van der Waals surface area contributed by atoms with Gasteiger partial charge in [0.1, 0.15) is 0 Å². The molecule has 2 fully saturated rings. The highest BCUT2D eigenvalue weighted by molar-refractivity contribution is 9.09. The second kappa shape index (κ2) is 1.73. The molecule has 2 aliphatic heterocycles. The van der Waals surface area contributed by atoms with E-state index in [1.807, 2.05) is 0 Å². The van der Waals surface area contributed by atoms with Gasteiger partial charge in [0.25, 0.3) is 0 Å². The number of rotatable bonds is 0. The summed E-state index contributed by atoms with van der Waals surface area (Å²) in [7, 11) is 0. The molecule has 1 N–H and O–H groups in total. The van der Waals surface area contributed by atoms with Crippen molar-refractivity contribution in [1.29, 1.82) is 0 Å². The first kappa shape index (κ1) is 6.17. The van der Waals surface area contributed by atoms with Gasteiger partial charge in [-0.15, -0.1) is 0 Å². The summed E-state index contributed by atoms with van der Waals surface area (Å²) < 4.78 is 0. The van der Waals surface area contributed by atoms with Gasteiger partial charge in [-0.3, -0.25) is 0 Å². The zero-order valence-corrected chi connectivity index (χ0v) is 7.24. The number of fused-ring (bicyclic) bond motifs is 2. The topological polar surface area (TPSA) is 12.0 Å². The molecule has 2 rings (SSSR count). The maximum atomic E-state index is 3.67. The Morgan fingerprint density at radius 3 is 2.67 bits per heavy atom. The molecule has 2 heterocycles. The van der Waals surface area contributed by atoms with Crippen LogP contribution < -0.4 is 5.32 Å². The molecule has 0 amide bonds. The molecule has 0 spiro atoms. The number of hydrogen-bond acceptors (Lipinski definition) is 1. The van der Waals surface area contributed by atoms with Crippen molar-refractivity contribution in [2.24, 2.45) is 0 Å². The molecule has 0 radical (unpaired) electrons. The molecular weight excluding hydrogens is 178 g/mol. The van der Waals surface area contributed by atoms with E-state index in [2.05, 4.69) is 28.2 Å². The fraction of sp³-hybridized carbons (Fsp3) is 1.00. The average Bonchev–Trinajstić information content (AvgIpc) is 2.20. The predicted octanol–water partition coefficient (Wildman–Crippen LogP) is 1.66. The molecule has 2 saturated heterocycles. The summed E-state index contributed by atoms with van der Waals surface area (Å²) in [6.45, 7) is 2.33. The molecule has 0 aliphatic carbocycles. The molecule has 9 heavy (non-hydrogen) atoms. The van der Waals surface area contributed by atoms with Crippen LogP contribution in [0.2, 0.25) is 0 Å². The van der Waals surface area contributed by atoms with E-state index in [9.17, 15) is 0 Å². The second-order valence-corrected chi connectivity index (χ2v) is 4.75. The molecule has 2 bridgehead atoms. The fourth-order valence-corrected chi connectivity index (χ4v) is 3.18. The molecule has 0 saturated carbocycles. The zero-order valence-electron chi connectivity index (χ0n) is 5.65. The Morgan fingerprint density at radius 2 is 2.44 bits per heavy atom. The third-order valence-corrected chi connectivity index (χ3v) is 3.58. The van der Waals surface area contributed by atoms with Crippen LogP contribution in [0.5, 0.6) is 0 Å². The van der Waals surface area contributed by atoms with Crippen LogP contribution in [0.4, 0.5) is 0 Å². The van der Waals surface area contributed by atoms with Gasteiger partial charge in [-0.25, -0.2) is 0 Å². The average molecular weight is 190 g/mol. The Kier molecular flexibility index (Phi) is 1.18. The first-order valence-corrected chi connectivity index (χ1v) is 4.53. The maximum absolute atomic E-state index is 3.67. The number of alkyl halides is 1. The molecule has 2 aliphatic rings. The van der Waals surface area contributed by atoms with Gasteiger partial charge in [0.05, 0.1) is 0 Å². The van der Waals surface area contributed by atoms with E-state index >= 15 is 0 Å². The number of hydrogen-bond donors (Lipinski definition) is 1. The van der Waals surface area contributed by atoms with Crippen LogP contribution in [0, 0.1) is 0 Å². The Morgan fingerprint density at radius 1 is 1.67 bits per heavy atom. The van der Waals surface area contributed by atoms with Crippen molar-refractivity contribution in [2.75, 3.05) is 0 Å². The van der Waals surface area contributed by atoms with Crippen molar-refractivity contribution < 1.29 is 0 Å². The van der Waals surface area contributed by atoms with E-state index in [0.29, 0.717) is 5.54 Å². The largest absolute Gasteiger partial charge is 0.308 e. The Balaban J connectivity index is 2.19. The minimum atomic E-state index is 0.485. The first-order valence-electron chi connectivity index (χ1n) is 3.61. The Labute approximate surface area is 64.3 Å². The predicted molar refractivity (Wildman–Crippen MR) is 41.9 cm³/mol. The summed E-state index contributed by atoms with van der Waals surface area (Å²) in [5.74, 6) is 0. The minimum absolute atomic E-state index is 0.485. The summed E-state index contributed by atoms with van der Waals surface area (Å²) in [6, 6.07) is 0.773. The molecule has 52 valence electrons. The lowest BCUT2D eigenvalue weighted by Crippen LogP contribution is -2.31. The minimum Gasteiger partial charge on any atom is -0.308 e. The van der Waals surface area contributed by atoms with Gasteiger partial charge in [-0.1, -0.05) is 15.9 Å². The summed E-state index contributed by atoms with van der Waals surface area (Å²) >= 11 is 3.67. The highest BCUT2D eigenvalue weighted by atomic mass is 79.9. The first-order chi connectivity index (χ1) is 4.20. The summed E-state index contributed by atoms with van der Waals surface area (Å²) in [5.41, 5.74) is 0.485. The van der Waals surface area contributed by atoms with Crippen molar-refractivity contribution in [3.63, 3.8) is 0 Å². The molecule has 0 aromatic carbocycles.